The first-order valence-corrected chi connectivity index (χ1v) is 8.53. The Kier molecular flexibility index (Phi) is 4.24. The molecule has 0 bridgehead atoms. The standard InChI is InChI=1S/C20H25NO3/c1-13-18(22)16-9-10-20(2,3)11-17(16)21(19(13)23)12-14-5-7-15(24-4)8-6-14/h5-8,13H,9-12H2,1-4H3. The molecule has 1 amide bonds. The highest BCUT2D eigenvalue weighted by molar-refractivity contribution is 6.12. The van der Waals surface area contributed by atoms with Gasteiger partial charge in [-0.15, -0.1) is 0 Å². The Bertz CT molecular complexity index is 700. The fraction of sp³-hybridized carbons (Fsp3) is 0.500. The summed E-state index contributed by atoms with van der Waals surface area (Å²) in [7, 11) is 1.64. The molecule has 0 radical (unpaired) electrons. The van der Waals surface area contributed by atoms with Crippen LogP contribution in [0.25, 0.3) is 0 Å². The lowest BCUT2D eigenvalue weighted by molar-refractivity contribution is -0.140. The number of rotatable bonds is 3. The molecule has 2 aliphatic rings. The maximum atomic E-state index is 12.8. The average molecular weight is 327 g/mol. The smallest absolute Gasteiger partial charge is 0.237 e. The van der Waals surface area contributed by atoms with Crippen LogP contribution in [-0.4, -0.2) is 23.7 Å². The summed E-state index contributed by atoms with van der Waals surface area (Å²) in [4.78, 5) is 27.2. The number of amides is 1. The number of allylic oxidation sites excluding steroid dienone is 2. The number of carbonyl (C=O) groups is 2. The molecule has 0 spiro atoms. The Labute approximate surface area is 143 Å². The minimum absolute atomic E-state index is 0.0245. The number of nitrogens with zero attached hydrogens (tertiary/aromatic N) is 1. The van der Waals surface area contributed by atoms with E-state index in [4.69, 9.17) is 4.74 Å². The highest BCUT2D eigenvalue weighted by atomic mass is 16.5. The molecule has 1 unspecified atom stereocenters. The third-order valence-electron chi connectivity index (χ3n) is 5.20. The second-order valence-corrected chi connectivity index (χ2v) is 7.62. The second kappa shape index (κ2) is 6.08. The lowest BCUT2D eigenvalue weighted by Crippen LogP contribution is -2.46. The SMILES string of the molecule is COc1ccc(CN2C(=O)C(C)C(=O)C3=C2CC(C)(C)CC3)cc1. The molecule has 1 aromatic carbocycles. The zero-order chi connectivity index (χ0) is 17.5. The molecule has 3 rings (SSSR count). The summed E-state index contributed by atoms with van der Waals surface area (Å²) < 4.78 is 5.19. The van der Waals surface area contributed by atoms with Gasteiger partial charge in [0.15, 0.2) is 5.78 Å². The van der Waals surface area contributed by atoms with Crippen LogP contribution in [0.5, 0.6) is 5.75 Å². The van der Waals surface area contributed by atoms with E-state index in [1.165, 1.54) is 0 Å². The molecule has 1 aliphatic heterocycles. The van der Waals surface area contributed by atoms with Crippen LogP contribution in [-0.2, 0) is 16.1 Å². The number of ketones is 1. The zero-order valence-electron chi connectivity index (χ0n) is 14.9. The highest BCUT2D eigenvalue weighted by Crippen LogP contribution is 2.43. The number of hydrogen-bond donors (Lipinski definition) is 0. The topological polar surface area (TPSA) is 46.6 Å². The van der Waals surface area contributed by atoms with E-state index in [0.29, 0.717) is 6.54 Å². The Morgan fingerprint density at radius 1 is 1.21 bits per heavy atom. The van der Waals surface area contributed by atoms with Gasteiger partial charge in [0.05, 0.1) is 19.6 Å². The number of benzene rings is 1. The first-order valence-electron chi connectivity index (χ1n) is 8.53. The maximum absolute atomic E-state index is 12.8. The molecular formula is C20H25NO3. The van der Waals surface area contributed by atoms with Crippen molar-refractivity contribution in [1.82, 2.24) is 4.90 Å². The first-order chi connectivity index (χ1) is 11.3. The Morgan fingerprint density at radius 2 is 1.88 bits per heavy atom. The molecule has 1 aliphatic carbocycles. The first kappa shape index (κ1) is 16.7. The van der Waals surface area contributed by atoms with E-state index in [1.54, 1.807) is 14.0 Å². The predicted molar refractivity (Wildman–Crippen MR) is 92.4 cm³/mol. The normalized spacial score (nSPS) is 23.3. The summed E-state index contributed by atoms with van der Waals surface area (Å²) >= 11 is 0. The van der Waals surface area contributed by atoms with Gasteiger partial charge in [0, 0.05) is 11.3 Å². The molecule has 128 valence electrons. The minimum Gasteiger partial charge on any atom is -0.497 e. The highest BCUT2D eigenvalue weighted by Gasteiger charge is 2.42. The van der Waals surface area contributed by atoms with Crippen LogP contribution in [0.2, 0.25) is 0 Å². The van der Waals surface area contributed by atoms with Gasteiger partial charge in [-0.3, -0.25) is 9.59 Å². The largest absolute Gasteiger partial charge is 0.497 e. The predicted octanol–water partition coefficient (Wildman–Crippen LogP) is 3.71. The van der Waals surface area contributed by atoms with Gasteiger partial charge in [-0.05, 0) is 49.3 Å². The van der Waals surface area contributed by atoms with Crippen molar-refractivity contribution in [2.75, 3.05) is 7.11 Å². The summed E-state index contributed by atoms with van der Waals surface area (Å²) in [5, 5.41) is 0. The maximum Gasteiger partial charge on any atom is 0.237 e. The minimum atomic E-state index is -0.566. The molecule has 1 aromatic rings. The van der Waals surface area contributed by atoms with Crippen molar-refractivity contribution in [3.63, 3.8) is 0 Å². The van der Waals surface area contributed by atoms with Crippen molar-refractivity contribution in [3.05, 3.63) is 41.1 Å². The number of Topliss-reactive ketones (excluding diaryl/α,β-unsaturated/α-hetero) is 1. The third-order valence-corrected chi connectivity index (χ3v) is 5.20. The van der Waals surface area contributed by atoms with E-state index < -0.39 is 5.92 Å². The molecule has 4 nitrogen and oxygen atoms in total. The lowest BCUT2D eigenvalue weighted by atomic mass is 9.72. The van der Waals surface area contributed by atoms with Crippen molar-refractivity contribution < 1.29 is 14.3 Å². The third kappa shape index (κ3) is 2.97. The van der Waals surface area contributed by atoms with Crippen molar-refractivity contribution in [1.29, 1.82) is 0 Å². The molecule has 0 aromatic heterocycles. The number of hydrogen-bond acceptors (Lipinski definition) is 3. The Morgan fingerprint density at radius 3 is 2.50 bits per heavy atom. The van der Waals surface area contributed by atoms with Crippen molar-refractivity contribution in [2.45, 2.75) is 46.6 Å². The Hall–Kier alpha value is -2.10. The van der Waals surface area contributed by atoms with E-state index in [2.05, 4.69) is 13.8 Å². The van der Waals surface area contributed by atoms with E-state index in [-0.39, 0.29) is 17.1 Å². The van der Waals surface area contributed by atoms with E-state index >= 15 is 0 Å². The van der Waals surface area contributed by atoms with Gasteiger partial charge in [0.2, 0.25) is 5.91 Å². The quantitative estimate of drug-likeness (QED) is 0.795. The Balaban J connectivity index is 1.95. The summed E-state index contributed by atoms with van der Waals surface area (Å²) in [6.45, 7) is 6.65. The number of carbonyl (C=O) groups excluding carboxylic acids is 2. The van der Waals surface area contributed by atoms with Crippen LogP contribution < -0.4 is 4.74 Å². The lowest BCUT2D eigenvalue weighted by Gasteiger charge is -2.41. The molecule has 0 saturated carbocycles. The van der Waals surface area contributed by atoms with Gasteiger partial charge in [0.25, 0.3) is 0 Å². The van der Waals surface area contributed by atoms with Crippen molar-refractivity contribution in [3.8, 4) is 5.75 Å². The summed E-state index contributed by atoms with van der Waals surface area (Å²) in [6.07, 6.45) is 2.55. The average Bonchev–Trinajstić information content (AvgIpc) is 2.56. The number of ether oxygens (including phenoxy) is 1. The van der Waals surface area contributed by atoms with E-state index in [9.17, 15) is 9.59 Å². The molecule has 0 saturated heterocycles. The summed E-state index contributed by atoms with van der Waals surface area (Å²) in [5.41, 5.74) is 2.98. The van der Waals surface area contributed by atoms with E-state index in [0.717, 1.165) is 41.8 Å². The molecule has 24 heavy (non-hydrogen) atoms. The summed E-state index contributed by atoms with van der Waals surface area (Å²) in [5.74, 6) is 0.179. The van der Waals surface area contributed by atoms with Crippen molar-refractivity contribution in [2.24, 2.45) is 11.3 Å². The fourth-order valence-corrected chi connectivity index (χ4v) is 3.61. The van der Waals surface area contributed by atoms with Crippen LogP contribution >= 0.6 is 0 Å². The monoisotopic (exact) mass is 327 g/mol. The van der Waals surface area contributed by atoms with Crippen LogP contribution in [0.1, 0.15) is 45.6 Å². The number of methoxy groups -OCH3 is 1. The van der Waals surface area contributed by atoms with Crippen LogP contribution in [0.15, 0.2) is 35.5 Å². The molecule has 0 N–H and O–H groups in total. The van der Waals surface area contributed by atoms with Crippen LogP contribution in [0.3, 0.4) is 0 Å². The van der Waals surface area contributed by atoms with Gasteiger partial charge in [-0.1, -0.05) is 26.0 Å². The zero-order valence-corrected chi connectivity index (χ0v) is 14.9. The van der Waals surface area contributed by atoms with Crippen LogP contribution in [0.4, 0.5) is 0 Å². The van der Waals surface area contributed by atoms with Gasteiger partial charge >= 0.3 is 0 Å². The second-order valence-electron chi connectivity index (χ2n) is 7.62. The van der Waals surface area contributed by atoms with E-state index in [1.807, 2.05) is 29.2 Å². The van der Waals surface area contributed by atoms with Gasteiger partial charge in [-0.2, -0.15) is 0 Å². The molecule has 1 heterocycles. The van der Waals surface area contributed by atoms with Gasteiger partial charge < -0.3 is 9.64 Å². The molecular weight excluding hydrogens is 302 g/mol. The van der Waals surface area contributed by atoms with Crippen LogP contribution in [0, 0.1) is 11.3 Å². The fourth-order valence-electron chi connectivity index (χ4n) is 3.61. The van der Waals surface area contributed by atoms with Crippen molar-refractivity contribution >= 4 is 11.7 Å². The summed E-state index contributed by atoms with van der Waals surface area (Å²) in [6, 6.07) is 7.75. The van der Waals surface area contributed by atoms with Gasteiger partial charge in [0.1, 0.15) is 5.75 Å². The molecule has 0 fully saturated rings. The molecule has 1 atom stereocenters. The van der Waals surface area contributed by atoms with Gasteiger partial charge in [-0.25, -0.2) is 0 Å². The molecule has 4 heteroatoms.